The van der Waals surface area contributed by atoms with Gasteiger partial charge in [-0.1, -0.05) is 6.42 Å². The van der Waals surface area contributed by atoms with E-state index in [1.165, 1.54) is 19.3 Å². The van der Waals surface area contributed by atoms with Gasteiger partial charge in [0.05, 0.1) is 0 Å². The molecule has 0 aromatic carbocycles. The largest absolute Gasteiger partial charge is 0.415 e. The van der Waals surface area contributed by atoms with Crippen molar-refractivity contribution in [3.8, 4) is 0 Å². The fourth-order valence-electron chi connectivity index (χ4n) is 2.25. The number of nitrogens with one attached hydrogen (secondary N) is 1. The number of alkyl halides is 3. The van der Waals surface area contributed by atoms with Gasteiger partial charge in [0.1, 0.15) is 0 Å². The van der Waals surface area contributed by atoms with Gasteiger partial charge in [-0.05, 0) is 45.8 Å². The molecule has 0 amide bonds. The lowest BCUT2D eigenvalue weighted by molar-refractivity contribution is -0.201. The molecule has 2 N–H and O–H groups in total. The van der Waals surface area contributed by atoms with Gasteiger partial charge in [-0.2, -0.15) is 13.2 Å². The number of halogens is 3. The first kappa shape index (κ1) is 15.7. The highest BCUT2D eigenvalue weighted by Crippen LogP contribution is 2.19. The molecule has 0 spiro atoms. The minimum Gasteiger partial charge on any atom is -0.382 e. The molecular weight excluding hydrogens is 245 g/mol. The van der Waals surface area contributed by atoms with Gasteiger partial charge in [0.2, 0.25) is 0 Å². The molecule has 0 radical (unpaired) electrons. The van der Waals surface area contributed by atoms with Gasteiger partial charge in [-0.3, -0.25) is 0 Å². The normalized spacial score (nSPS) is 24.2. The molecule has 1 aliphatic rings. The predicted molar refractivity (Wildman–Crippen MR) is 64.4 cm³/mol. The summed E-state index contributed by atoms with van der Waals surface area (Å²) in [6.07, 6.45) is -2.27. The van der Waals surface area contributed by atoms with Crippen LogP contribution in [0.25, 0.3) is 0 Å². The van der Waals surface area contributed by atoms with Gasteiger partial charge in [0.15, 0.2) is 6.10 Å². The van der Waals surface area contributed by atoms with E-state index < -0.39 is 18.8 Å². The van der Waals surface area contributed by atoms with Gasteiger partial charge < -0.3 is 15.3 Å². The van der Waals surface area contributed by atoms with Gasteiger partial charge >= 0.3 is 6.18 Å². The van der Waals surface area contributed by atoms with Crippen molar-refractivity contribution in [1.82, 2.24) is 10.2 Å². The number of aliphatic hydroxyl groups is 1. The van der Waals surface area contributed by atoms with Crippen LogP contribution in [0.1, 0.15) is 32.6 Å². The molecule has 108 valence electrons. The van der Waals surface area contributed by atoms with E-state index in [-0.39, 0.29) is 0 Å². The highest BCUT2D eigenvalue weighted by atomic mass is 19.4. The quantitative estimate of drug-likeness (QED) is 0.721. The number of rotatable bonds is 6. The Morgan fingerprint density at radius 1 is 1.39 bits per heavy atom. The van der Waals surface area contributed by atoms with Crippen molar-refractivity contribution in [3.63, 3.8) is 0 Å². The maximum atomic E-state index is 12.0. The summed E-state index contributed by atoms with van der Waals surface area (Å²) in [5.41, 5.74) is 0. The maximum Gasteiger partial charge on any atom is 0.415 e. The molecule has 0 saturated carbocycles. The Labute approximate surface area is 106 Å². The molecule has 3 nitrogen and oxygen atoms in total. The van der Waals surface area contributed by atoms with Crippen LogP contribution in [0.4, 0.5) is 13.2 Å². The van der Waals surface area contributed by atoms with Crippen molar-refractivity contribution in [2.75, 3.05) is 26.2 Å². The minimum atomic E-state index is -4.52. The summed E-state index contributed by atoms with van der Waals surface area (Å²) in [6.45, 7) is 4.29. The average molecular weight is 268 g/mol. The summed E-state index contributed by atoms with van der Waals surface area (Å²) in [5.74, 6) is 0. The van der Waals surface area contributed by atoms with Crippen molar-refractivity contribution < 1.29 is 18.3 Å². The van der Waals surface area contributed by atoms with E-state index >= 15 is 0 Å². The van der Waals surface area contributed by atoms with Crippen LogP contribution < -0.4 is 5.32 Å². The predicted octanol–water partition coefficient (Wildman–Crippen LogP) is 1.76. The Hall–Kier alpha value is -0.330. The Kier molecular flexibility index (Phi) is 6.38. The molecule has 1 fully saturated rings. The first-order valence-electron chi connectivity index (χ1n) is 6.61. The first-order chi connectivity index (χ1) is 8.41. The topological polar surface area (TPSA) is 35.5 Å². The molecule has 1 aliphatic heterocycles. The third kappa shape index (κ3) is 5.54. The van der Waals surface area contributed by atoms with Crippen LogP contribution in [0.2, 0.25) is 0 Å². The summed E-state index contributed by atoms with van der Waals surface area (Å²) >= 11 is 0. The Morgan fingerprint density at radius 2 is 2.11 bits per heavy atom. The number of aliphatic hydroxyl groups excluding tert-OH is 1. The minimum absolute atomic E-state index is 0.418. The highest BCUT2D eigenvalue weighted by Gasteiger charge is 2.37. The fraction of sp³-hybridized carbons (Fsp3) is 1.00. The molecule has 1 rings (SSSR count). The van der Waals surface area contributed by atoms with Crippen molar-refractivity contribution in [2.45, 2.75) is 50.9 Å². The van der Waals surface area contributed by atoms with Crippen molar-refractivity contribution >= 4 is 0 Å². The lowest BCUT2D eigenvalue weighted by Gasteiger charge is -2.33. The second kappa shape index (κ2) is 7.31. The maximum absolute atomic E-state index is 12.0. The molecular formula is C12H23F3N2O. The Balaban J connectivity index is 2.05. The summed E-state index contributed by atoms with van der Waals surface area (Å²) in [7, 11) is 0. The van der Waals surface area contributed by atoms with Gasteiger partial charge in [0.25, 0.3) is 0 Å². The molecule has 0 aliphatic carbocycles. The van der Waals surface area contributed by atoms with E-state index in [1.807, 2.05) is 0 Å². The number of hydrogen-bond donors (Lipinski definition) is 2. The van der Waals surface area contributed by atoms with Crippen LogP contribution in [0.3, 0.4) is 0 Å². The van der Waals surface area contributed by atoms with Crippen molar-refractivity contribution in [2.24, 2.45) is 0 Å². The fourth-order valence-corrected chi connectivity index (χ4v) is 2.25. The zero-order valence-corrected chi connectivity index (χ0v) is 10.8. The lowest BCUT2D eigenvalue weighted by Crippen LogP contribution is -2.41. The standard InChI is InChI=1S/C12H23F3N2O/c1-10-5-2-3-7-17(10)8-4-6-16-9-11(18)12(13,14)15/h10-11,16,18H,2-9H2,1H3. The van der Waals surface area contributed by atoms with Gasteiger partial charge in [0, 0.05) is 12.6 Å². The number of nitrogens with zero attached hydrogens (tertiary/aromatic N) is 1. The zero-order valence-electron chi connectivity index (χ0n) is 10.8. The molecule has 1 saturated heterocycles. The summed E-state index contributed by atoms with van der Waals surface area (Å²) < 4.78 is 36.0. The Morgan fingerprint density at radius 3 is 2.72 bits per heavy atom. The third-order valence-electron chi connectivity index (χ3n) is 3.45. The van der Waals surface area contributed by atoms with Crippen LogP contribution >= 0.6 is 0 Å². The highest BCUT2D eigenvalue weighted by molar-refractivity contribution is 4.73. The van der Waals surface area contributed by atoms with Crippen LogP contribution in [0, 0.1) is 0 Å². The summed E-state index contributed by atoms with van der Waals surface area (Å²) in [6, 6.07) is 0.583. The molecule has 18 heavy (non-hydrogen) atoms. The second-order valence-corrected chi connectivity index (χ2v) is 5.00. The van der Waals surface area contributed by atoms with E-state index in [9.17, 15) is 13.2 Å². The second-order valence-electron chi connectivity index (χ2n) is 5.00. The number of piperidine rings is 1. The smallest absolute Gasteiger partial charge is 0.382 e. The van der Waals surface area contributed by atoms with Crippen LogP contribution in [0.15, 0.2) is 0 Å². The molecule has 2 unspecified atom stereocenters. The van der Waals surface area contributed by atoms with Gasteiger partial charge in [-0.15, -0.1) is 0 Å². The Bertz CT molecular complexity index is 236. The molecule has 0 aromatic heterocycles. The van der Waals surface area contributed by atoms with E-state index in [0.717, 1.165) is 19.5 Å². The van der Waals surface area contributed by atoms with Crippen LogP contribution in [-0.2, 0) is 0 Å². The van der Waals surface area contributed by atoms with Gasteiger partial charge in [-0.25, -0.2) is 0 Å². The van der Waals surface area contributed by atoms with E-state index in [4.69, 9.17) is 5.11 Å². The first-order valence-corrected chi connectivity index (χ1v) is 6.61. The number of likely N-dealkylation sites (tertiary alicyclic amines) is 1. The molecule has 2 atom stereocenters. The molecule has 0 aromatic rings. The molecule has 1 heterocycles. The molecule has 0 bridgehead atoms. The number of hydrogen-bond acceptors (Lipinski definition) is 3. The molecule has 6 heteroatoms. The van der Waals surface area contributed by atoms with E-state index in [2.05, 4.69) is 17.1 Å². The summed E-state index contributed by atoms with van der Waals surface area (Å²) in [5, 5.41) is 11.4. The summed E-state index contributed by atoms with van der Waals surface area (Å²) in [4.78, 5) is 2.38. The van der Waals surface area contributed by atoms with Crippen LogP contribution in [0.5, 0.6) is 0 Å². The van der Waals surface area contributed by atoms with Crippen molar-refractivity contribution in [1.29, 1.82) is 0 Å². The van der Waals surface area contributed by atoms with E-state index in [0.29, 0.717) is 12.6 Å². The lowest BCUT2D eigenvalue weighted by atomic mass is 10.0. The SMILES string of the molecule is CC1CCCCN1CCCNCC(O)C(F)(F)F. The zero-order chi connectivity index (χ0) is 13.6. The average Bonchev–Trinajstić information content (AvgIpc) is 2.29. The third-order valence-corrected chi connectivity index (χ3v) is 3.45. The monoisotopic (exact) mass is 268 g/mol. The van der Waals surface area contributed by atoms with E-state index in [1.54, 1.807) is 0 Å². The van der Waals surface area contributed by atoms with Crippen LogP contribution in [-0.4, -0.2) is 54.5 Å². The van der Waals surface area contributed by atoms with Crippen molar-refractivity contribution in [3.05, 3.63) is 0 Å².